The molecule has 2 rings (SSSR count). The third-order valence-electron chi connectivity index (χ3n) is 2.82. The molecule has 6 nitrogen and oxygen atoms in total. The standard InChI is InChI=1S/C14H15N3O3/c1-17-9-11(8-15-17)13(14(19)20)16-12(18)7-10-5-3-2-4-6-10/h2-6,8-9,13H,7H2,1H3,(H,16,18)(H,19,20). The van der Waals surface area contributed by atoms with Crippen molar-refractivity contribution in [3.63, 3.8) is 0 Å². The van der Waals surface area contributed by atoms with E-state index in [0.29, 0.717) is 5.56 Å². The zero-order valence-electron chi connectivity index (χ0n) is 11.0. The summed E-state index contributed by atoms with van der Waals surface area (Å²) in [5.41, 5.74) is 1.28. The lowest BCUT2D eigenvalue weighted by Gasteiger charge is -2.12. The number of hydrogen-bond acceptors (Lipinski definition) is 3. The van der Waals surface area contributed by atoms with Gasteiger partial charge in [-0.15, -0.1) is 0 Å². The second-order valence-corrected chi connectivity index (χ2v) is 4.45. The minimum Gasteiger partial charge on any atom is -0.479 e. The number of rotatable bonds is 5. The van der Waals surface area contributed by atoms with Gasteiger partial charge >= 0.3 is 5.97 Å². The van der Waals surface area contributed by atoms with E-state index in [9.17, 15) is 14.7 Å². The van der Waals surface area contributed by atoms with Crippen LogP contribution in [0.1, 0.15) is 17.2 Å². The Balaban J connectivity index is 2.05. The third kappa shape index (κ3) is 3.44. The van der Waals surface area contributed by atoms with Gasteiger partial charge in [-0.1, -0.05) is 30.3 Å². The average Bonchev–Trinajstić information content (AvgIpc) is 2.83. The molecule has 1 atom stereocenters. The molecular weight excluding hydrogens is 258 g/mol. The van der Waals surface area contributed by atoms with E-state index >= 15 is 0 Å². The first-order valence-electron chi connectivity index (χ1n) is 6.11. The number of hydrogen-bond donors (Lipinski definition) is 2. The molecule has 0 aliphatic heterocycles. The molecule has 2 N–H and O–H groups in total. The van der Waals surface area contributed by atoms with E-state index in [0.717, 1.165) is 5.56 Å². The normalized spacial score (nSPS) is 11.8. The predicted molar refractivity (Wildman–Crippen MR) is 71.9 cm³/mol. The molecule has 0 aliphatic carbocycles. The number of nitrogens with one attached hydrogen (secondary N) is 1. The summed E-state index contributed by atoms with van der Waals surface area (Å²) in [7, 11) is 1.69. The Kier molecular flexibility index (Phi) is 4.14. The molecule has 0 aliphatic rings. The maximum absolute atomic E-state index is 11.9. The summed E-state index contributed by atoms with van der Waals surface area (Å²) >= 11 is 0. The highest BCUT2D eigenvalue weighted by Gasteiger charge is 2.23. The lowest BCUT2D eigenvalue weighted by atomic mass is 10.1. The van der Waals surface area contributed by atoms with Gasteiger partial charge in [0.1, 0.15) is 0 Å². The summed E-state index contributed by atoms with van der Waals surface area (Å²) in [6, 6.07) is 8.08. The quantitative estimate of drug-likeness (QED) is 0.848. The van der Waals surface area contributed by atoms with Gasteiger partial charge in [0, 0.05) is 18.8 Å². The van der Waals surface area contributed by atoms with Gasteiger partial charge in [0.15, 0.2) is 6.04 Å². The van der Waals surface area contributed by atoms with Crippen molar-refractivity contribution in [1.82, 2.24) is 15.1 Å². The van der Waals surface area contributed by atoms with E-state index in [-0.39, 0.29) is 12.3 Å². The molecule has 0 radical (unpaired) electrons. The van der Waals surface area contributed by atoms with Crippen molar-refractivity contribution in [3.8, 4) is 0 Å². The second-order valence-electron chi connectivity index (χ2n) is 4.45. The largest absolute Gasteiger partial charge is 0.479 e. The van der Waals surface area contributed by atoms with E-state index in [1.54, 1.807) is 13.2 Å². The number of nitrogens with zero attached hydrogens (tertiary/aromatic N) is 2. The maximum Gasteiger partial charge on any atom is 0.331 e. The number of carbonyl (C=O) groups excluding carboxylic acids is 1. The predicted octanol–water partition coefficient (Wildman–Crippen LogP) is 0.905. The first-order valence-corrected chi connectivity index (χ1v) is 6.11. The molecule has 2 aromatic rings. The fraction of sp³-hybridized carbons (Fsp3) is 0.214. The molecular formula is C14H15N3O3. The Morgan fingerprint density at radius 3 is 2.60 bits per heavy atom. The van der Waals surface area contributed by atoms with Crippen LogP contribution >= 0.6 is 0 Å². The number of aliphatic carboxylic acids is 1. The van der Waals surface area contributed by atoms with Crippen LogP contribution in [0.25, 0.3) is 0 Å². The average molecular weight is 273 g/mol. The fourth-order valence-corrected chi connectivity index (χ4v) is 1.87. The number of amides is 1. The molecule has 6 heteroatoms. The van der Waals surface area contributed by atoms with Crippen LogP contribution in [0.4, 0.5) is 0 Å². The van der Waals surface area contributed by atoms with Crippen molar-refractivity contribution in [1.29, 1.82) is 0 Å². The van der Waals surface area contributed by atoms with Gasteiger partial charge in [-0.3, -0.25) is 9.48 Å². The van der Waals surface area contributed by atoms with Gasteiger partial charge < -0.3 is 10.4 Å². The van der Waals surface area contributed by atoms with Crippen LogP contribution in [0.2, 0.25) is 0 Å². The van der Waals surface area contributed by atoms with Crippen LogP contribution in [0.5, 0.6) is 0 Å². The van der Waals surface area contributed by atoms with Crippen molar-refractivity contribution < 1.29 is 14.7 Å². The Morgan fingerprint density at radius 2 is 2.05 bits per heavy atom. The molecule has 0 bridgehead atoms. The summed E-state index contributed by atoms with van der Waals surface area (Å²) in [5, 5.41) is 15.6. The molecule has 1 unspecified atom stereocenters. The number of carbonyl (C=O) groups is 2. The summed E-state index contributed by atoms with van der Waals surface area (Å²) in [6.07, 6.45) is 3.15. The van der Waals surface area contributed by atoms with E-state index in [2.05, 4.69) is 10.4 Å². The number of aryl methyl sites for hydroxylation is 1. The number of carboxylic acids is 1. The van der Waals surface area contributed by atoms with Crippen molar-refractivity contribution in [2.45, 2.75) is 12.5 Å². The van der Waals surface area contributed by atoms with Crippen LogP contribution < -0.4 is 5.32 Å². The van der Waals surface area contributed by atoms with Crippen LogP contribution in [-0.2, 0) is 23.1 Å². The summed E-state index contributed by atoms with van der Waals surface area (Å²) in [4.78, 5) is 23.2. The lowest BCUT2D eigenvalue weighted by Crippen LogP contribution is -2.34. The number of carboxylic acid groups (broad SMARTS) is 1. The Hall–Kier alpha value is -2.63. The molecule has 0 saturated carbocycles. The first kappa shape index (κ1) is 13.8. The summed E-state index contributed by atoms with van der Waals surface area (Å²) in [5.74, 6) is -1.45. The molecule has 0 saturated heterocycles. The smallest absolute Gasteiger partial charge is 0.331 e. The van der Waals surface area contributed by atoms with Crippen molar-refractivity contribution in [2.75, 3.05) is 0 Å². The van der Waals surface area contributed by atoms with Gasteiger partial charge in [-0.25, -0.2) is 4.79 Å². The van der Waals surface area contributed by atoms with Crippen molar-refractivity contribution in [3.05, 3.63) is 53.9 Å². The summed E-state index contributed by atoms with van der Waals surface area (Å²) in [6.45, 7) is 0. The first-order chi connectivity index (χ1) is 9.56. The van der Waals surface area contributed by atoms with Gasteiger partial charge in [0.05, 0.1) is 12.6 Å². The lowest BCUT2D eigenvalue weighted by molar-refractivity contribution is -0.141. The van der Waals surface area contributed by atoms with E-state index in [1.165, 1.54) is 10.9 Å². The van der Waals surface area contributed by atoms with E-state index in [1.807, 2.05) is 30.3 Å². The van der Waals surface area contributed by atoms with Crippen LogP contribution in [0.15, 0.2) is 42.7 Å². The van der Waals surface area contributed by atoms with Crippen molar-refractivity contribution in [2.24, 2.45) is 7.05 Å². The van der Waals surface area contributed by atoms with E-state index in [4.69, 9.17) is 0 Å². The summed E-state index contributed by atoms with van der Waals surface area (Å²) < 4.78 is 1.49. The molecule has 20 heavy (non-hydrogen) atoms. The van der Waals surface area contributed by atoms with Crippen molar-refractivity contribution >= 4 is 11.9 Å². The molecule has 1 aromatic heterocycles. The Morgan fingerprint density at radius 1 is 1.35 bits per heavy atom. The highest BCUT2D eigenvalue weighted by molar-refractivity contribution is 5.85. The Bertz CT molecular complexity index is 607. The Labute approximate surface area is 116 Å². The monoisotopic (exact) mass is 273 g/mol. The minimum atomic E-state index is -1.11. The molecule has 0 spiro atoms. The number of benzene rings is 1. The highest BCUT2D eigenvalue weighted by Crippen LogP contribution is 2.12. The third-order valence-corrected chi connectivity index (χ3v) is 2.82. The molecule has 0 fully saturated rings. The number of aromatic nitrogens is 2. The van der Waals surface area contributed by atoms with Crippen LogP contribution in [-0.4, -0.2) is 26.8 Å². The molecule has 104 valence electrons. The molecule has 1 aromatic carbocycles. The second kappa shape index (κ2) is 6.01. The van der Waals surface area contributed by atoms with Gasteiger partial charge in [-0.05, 0) is 5.56 Å². The topological polar surface area (TPSA) is 84.2 Å². The van der Waals surface area contributed by atoms with Gasteiger partial charge in [0.25, 0.3) is 0 Å². The fourth-order valence-electron chi connectivity index (χ4n) is 1.87. The highest BCUT2D eigenvalue weighted by atomic mass is 16.4. The van der Waals surface area contributed by atoms with Crippen LogP contribution in [0.3, 0.4) is 0 Å². The molecule has 1 amide bonds. The molecule has 1 heterocycles. The minimum absolute atomic E-state index is 0.144. The zero-order chi connectivity index (χ0) is 14.5. The zero-order valence-corrected chi connectivity index (χ0v) is 11.0. The van der Waals surface area contributed by atoms with Gasteiger partial charge in [-0.2, -0.15) is 5.10 Å². The van der Waals surface area contributed by atoms with Gasteiger partial charge in [0.2, 0.25) is 5.91 Å². The van der Waals surface area contributed by atoms with Crippen LogP contribution in [0, 0.1) is 0 Å². The van der Waals surface area contributed by atoms with E-state index < -0.39 is 12.0 Å². The SMILES string of the molecule is Cn1cc(C(NC(=O)Cc2ccccc2)C(=O)O)cn1. The maximum atomic E-state index is 11.9.